The average Bonchev–Trinajstić information content (AvgIpc) is 0. The molecule has 0 spiro atoms. The predicted octanol–water partition coefficient (Wildman–Crippen LogP) is -3.24. The minimum absolute atomic E-state index is 0. The van der Waals surface area contributed by atoms with E-state index >= 15 is 0 Å². The number of rotatable bonds is 0. The van der Waals surface area contributed by atoms with Crippen molar-refractivity contribution in [3.63, 3.8) is 0 Å². The van der Waals surface area contributed by atoms with Gasteiger partial charge in [0, 0.05) is 46.1 Å². The first-order valence-corrected chi connectivity index (χ1v) is 0. The summed E-state index contributed by atoms with van der Waals surface area (Å²) in [5, 5.41) is 0. The Balaban J connectivity index is 0. The first-order valence-electron chi connectivity index (χ1n) is 0. The lowest BCUT2D eigenvalue weighted by molar-refractivity contribution is 0.823. The highest BCUT2D eigenvalue weighted by Gasteiger charge is 0.00101. The molecule has 4 radical (unpaired) electrons. The van der Waals surface area contributed by atoms with Crippen LogP contribution in [0.25, 0.3) is 0 Å². The lowest BCUT2D eigenvalue weighted by Crippen LogP contribution is -0.382. The fourth-order valence-electron chi connectivity index (χ4n) is 0. The number of hydrogen-bond donors (Lipinski definition) is 0. The zero-order valence-corrected chi connectivity index (χ0v) is 5.74. The van der Waals surface area contributed by atoms with Crippen LogP contribution in [0.5, 0.6) is 0 Å². The molecule has 0 aliphatic rings. The molecule has 0 atom stereocenters. The van der Waals surface area contributed by atoms with E-state index in [-0.39, 0.29) is 62.5 Å². The van der Waals surface area contributed by atoms with E-state index in [0.29, 0.717) is 0 Å². The molecule has 0 aliphatic heterocycles. The molecule has 0 rings (SSSR count). The third kappa shape index (κ3) is 31.6. The van der Waals surface area contributed by atoms with Crippen LogP contribution in [0.4, 0.5) is 0 Å². The molecular weight excluding hydrogens is 96.6 g/mol. The Hall–Kier alpha value is 1.41. The molecule has 0 fully saturated rings. The summed E-state index contributed by atoms with van der Waals surface area (Å²) in [6.45, 7) is 0. The van der Waals surface area contributed by atoms with E-state index in [1.807, 2.05) is 0 Å². The monoisotopic (exact) mass is 102 g/mol. The highest BCUT2D eigenvalue weighted by molar-refractivity contribution is 5.76. The Kier molecular flexibility index (Phi) is 995. The van der Waals surface area contributed by atoms with Crippen molar-refractivity contribution in [1.82, 2.24) is 0 Å². The first kappa shape index (κ1) is 94.2. The molecule has 0 unspecified atom stereocenters. The van der Waals surface area contributed by atoms with Gasteiger partial charge in [0.05, 0.1) is 0 Å². The molecule has 0 heterocycles. The van der Waals surface area contributed by atoms with E-state index in [1.54, 1.807) is 0 Å². The Morgan fingerprint density at radius 1 is 0.400 bits per heavy atom. The minimum Gasteiger partial charge on any atom is -0.412 e. The summed E-state index contributed by atoms with van der Waals surface area (Å²) >= 11 is 0. The fraction of sp³-hybridized carbons (Fsp3) is 0. The van der Waals surface area contributed by atoms with E-state index in [1.165, 1.54) is 0 Å². The first-order chi connectivity index (χ1) is 0. The smallest absolute Gasteiger partial charge is 0 e. The minimum atomic E-state index is 0. The van der Waals surface area contributed by atoms with Crippen LogP contribution in [0.2, 0.25) is 0 Å². The van der Waals surface area contributed by atoms with Gasteiger partial charge in [0.2, 0.25) is 0 Å². The van der Waals surface area contributed by atoms with Gasteiger partial charge in [-0.25, -0.2) is 0 Å². The zero-order valence-electron chi connectivity index (χ0n) is 2.91. The molecule has 6 N–H and O–H groups in total. The summed E-state index contributed by atoms with van der Waals surface area (Å²) in [5.41, 5.74) is 0. The second-order valence-electron chi connectivity index (χ2n) is 0. The molecule has 0 bridgehead atoms. The molecule has 5 heteroatoms. The maximum absolute atomic E-state index is 0. The van der Waals surface area contributed by atoms with Crippen molar-refractivity contribution in [3.8, 4) is 0 Å². The average molecular weight is 103 g/mol. The second kappa shape index (κ2) is 52.8. The van der Waals surface area contributed by atoms with Crippen LogP contribution in [0.1, 0.15) is 0 Å². The van der Waals surface area contributed by atoms with Gasteiger partial charge < -0.3 is 16.4 Å². The van der Waals surface area contributed by atoms with Crippen molar-refractivity contribution < 1.29 is 16.4 Å². The van der Waals surface area contributed by atoms with E-state index < -0.39 is 0 Å². The molecule has 3 nitrogen and oxygen atoms in total. The maximum atomic E-state index is 0. The molecule has 0 aromatic carbocycles. The predicted molar refractivity (Wildman–Crippen MR) is 22.3 cm³/mol. The summed E-state index contributed by atoms with van der Waals surface area (Å²) in [6, 6.07) is 0. The Morgan fingerprint density at radius 3 is 0.400 bits per heavy atom. The third-order valence-electron chi connectivity index (χ3n) is 0. The quantitative estimate of drug-likeness (QED) is 0.288. The summed E-state index contributed by atoms with van der Waals surface area (Å²) in [5.74, 6) is 0. The Morgan fingerprint density at radius 2 is 0.400 bits per heavy atom. The lowest BCUT2D eigenvalue weighted by atomic mass is 16.0. The second-order valence-corrected chi connectivity index (χ2v) is 0. The van der Waals surface area contributed by atoms with E-state index in [0.717, 1.165) is 0 Å². The van der Waals surface area contributed by atoms with Crippen LogP contribution in [0.3, 0.4) is 0 Å². The topological polar surface area (TPSA) is 94.5 Å². The van der Waals surface area contributed by atoms with Crippen LogP contribution in [0.15, 0.2) is 0 Å². The summed E-state index contributed by atoms with van der Waals surface area (Å²) in [4.78, 5) is 0. The third-order valence-corrected chi connectivity index (χ3v) is 0. The molecule has 0 aliphatic carbocycles. The summed E-state index contributed by atoms with van der Waals surface area (Å²) < 4.78 is 0. The van der Waals surface area contributed by atoms with Crippen LogP contribution >= 0.6 is 0 Å². The van der Waals surface area contributed by atoms with Gasteiger partial charge in [0.1, 0.15) is 0 Å². The van der Waals surface area contributed by atoms with Crippen molar-refractivity contribution >= 4 is 46.1 Å². The van der Waals surface area contributed by atoms with Gasteiger partial charge in [0.15, 0.2) is 0 Å². The van der Waals surface area contributed by atoms with Gasteiger partial charge in [-0.2, -0.15) is 0 Å². The van der Waals surface area contributed by atoms with Crippen molar-refractivity contribution in [2.75, 3.05) is 0 Å². The molecule has 0 saturated carbocycles. The Labute approximate surface area is 62.4 Å². The van der Waals surface area contributed by atoms with Gasteiger partial charge in [-0.15, -0.1) is 0 Å². The van der Waals surface area contributed by atoms with Crippen molar-refractivity contribution in [3.05, 3.63) is 0 Å². The van der Waals surface area contributed by atoms with E-state index in [9.17, 15) is 0 Å². The Bertz CT molecular complexity index is 4.85. The van der Waals surface area contributed by atoms with Gasteiger partial charge in [-0.3, -0.25) is 0 Å². The molecule has 5 heavy (non-hydrogen) atoms. The van der Waals surface area contributed by atoms with Gasteiger partial charge in [-0.05, 0) is 0 Å². The molecule has 0 saturated heterocycles. The molecule has 0 amide bonds. The van der Waals surface area contributed by atoms with E-state index in [4.69, 9.17) is 0 Å². The normalized spacial score (nSPS) is 0. The van der Waals surface area contributed by atoms with Crippen molar-refractivity contribution in [1.29, 1.82) is 0 Å². The van der Waals surface area contributed by atoms with Crippen LogP contribution in [0, 0.1) is 0 Å². The van der Waals surface area contributed by atoms with Crippen molar-refractivity contribution in [2.24, 2.45) is 0 Å². The maximum Gasteiger partial charge on any atom is 0 e. The molecule has 0 aromatic rings. The molecular formula is H6Mg2O3. The standard InChI is InChI=1S/2Mg.3H2O/h;;3*1H2. The van der Waals surface area contributed by atoms with Crippen LogP contribution in [-0.4, -0.2) is 62.5 Å². The van der Waals surface area contributed by atoms with Crippen molar-refractivity contribution in [2.45, 2.75) is 0 Å². The van der Waals surface area contributed by atoms with Gasteiger partial charge in [0.25, 0.3) is 0 Å². The van der Waals surface area contributed by atoms with Gasteiger partial charge in [-0.1, -0.05) is 0 Å². The summed E-state index contributed by atoms with van der Waals surface area (Å²) in [7, 11) is 0. The van der Waals surface area contributed by atoms with Crippen LogP contribution < -0.4 is 0 Å². The van der Waals surface area contributed by atoms with Gasteiger partial charge >= 0.3 is 0 Å². The lowest BCUT2D eigenvalue weighted by Gasteiger charge is -0.413. The highest BCUT2D eigenvalue weighted by atomic mass is 24.3. The number of hydrogen-bond acceptors (Lipinski definition) is 0. The fourth-order valence-corrected chi connectivity index (χ4v) is 0. The van der Waals surface area contributed by atoms with Crippen LogP contribution in [-0.2, 0) is 0 Å². The molecule has 0 aromatic heterocycles. The zero-order chi connectivity index (χ0) is 0. The summed E-state index contributed by atoms with van der Waals surface area (Å²) in [6.07, 6.45) is 0. The largest absolute Gasteiger partial charge is 0.412 e. The highest BCUT2D eigenvalue weighted by Crippen LogP contribution is -0.287. The SMILES string of the molecule is O.O.O.[Mg].[Mg]. The molecule has 28 valence electrons. The van der Waals surface area contributed by atoms with E-state index in [2.05, 4.69) is 0 Å².